The Morgan fingerprint density at radius 1 is 1.43 bits per heavy atom. The second kappa shape index (κ2) is 2.97. The third-order valence-corrected chi connectivity index (χ3v) is 3.43. The Kier molecular flexibility index (Phi) is 2.01. The zero-order valence-electron chi connectivity index (χ0n) is 8.45. The molecule has 0 bridgehead atoms. The third-order valence-electron chi connectivity index (χ3n) is 3.43. The zero-order valence-corrected chi connectivity index (χ0v) is 8.45. The standard InChI is InChI=1S/C10H16N2O2/c1-7(13)12-5-10(6-12)3-8(4-10)2-9(11)14/h8H,2-6H2,1H3,(H2,11,14). The molecule has 1 spiro atoms. The van der Waals surface area contributed by atoms with Crippen LogP contribution >= 0.6 is 0 Å². The average molecular weight is 196 g/mol. The minimum atomic E-state index is -0.201. The Bertz CT molecular complexity index is 274. The molecule has 4 nitrogen and oxygen atoms in total. The summed E-state index contributed by atoms with van der Waals surface area (Å²) >= 11 is 0. The van der Waals surface area contributed by atoms with Gasteiger partial charge in [0.05, 0.1) is 0 Å². The number of likely N-dealkylation sites (tertiary alicyclic amines) is 1. The summed E-state index contributed by atoms with van der Waals surface area (Å²) < 4.78 is 0. The fourth-order valence-electron chi connectivity index (χ4n) is 2.84. The van der Waals surface area contributed by atoms with Gasteiger partial charge in [0.2, 0.25) is 11.8 Å². The van der Waals surface area contributed by atoms with E-state index in [0.717, 1.165) is 25.9 Å². The average Bonchev–Trinajstić information content (AvgIpc) is 1.89. The quantitative estimate of drug-likeness (QED) is 0.681. The van der Waals surface area contributed by atoms with Gasteiger partial charge in [0.1, 0.15) is 0 Å². The highest BCUT2D eigenvalue weighted by Crippen LogP contribution is 2.52. The minimum absolute atomic E-state index is 0.161. The van der Waals surface area contributed by atoms with Crippen molar-refractivity contribution in [2.45, 2.75) is 26.2 Å². The third kappa shape index (κ3) is 1.49. The van der Waals surface area contributed by atoms with E-state index >= 15 is 0 Å². The number of nitrogens with two attached hydrogens (primary N) is 1. The number of amides is 2. The van der Waals surface area contributed by atoms with Gasteiger partial charge >= 0.3 is 0 Å². The van der Waals surface area contributed by atoms with Crippen LogP contribution in [0.5, 0.6) is 0 Å². The summed E-state index contributed by atoms with van der Waals surface area (Å²) in [4.78, 5) is 23.5. The zero-order chi connectivity index (χ0) is 10.3. The van der Waals surface area contributed by atoms with Crippen LogP contribution in [0.1, 0.15) is 26.2 Å². The lowest BCUT2D eigenvalue weighted by molar-refractivity contribution is -0.154. The van der Waals surface area contributed by atoms with E-state index in [1.54, 1.807) is 6.92 Å². The fraction of sp³-hybridized carbons (Fsp3) is 0.800. The van der Waals surface area contributed by atoms with Gasteiger partial charge in [0.25, 0.3) is 0 Å². The van der Waals surface area contributed by atoms with Crippen molar-refractivity contribution in [2.75, 3.05) is 13.1 Å². The number of primary amides is 1. The Hall–Kier alpha value is -1.06. The lowest BCUT2D eigenvalue weighted by atomic mass is 9.57. The van der Waals surface area contributed by atoms with Gasteiger partial charge in [-0.1, -0.05) is 0 Å². The molecule has 1 saturated heterocycles. The van der Waals surface area contributed by atoms with Crippen LogP contribution in [0.3, 0.4) is 0 Å². The highest BCUT2D eigenvalue weighted by molar-refractivity contribution is 5.75. The van der Waals surface area contributed by atoms with Crippen molar-refractivity contribution in [2.24, 2.45) is 17.1 Å². The molecular weight excluding hydrogens is 180 g/mol. The number of hydrogen-bond acceptors (Lipinski definition) is 2. The molecule has 2 amide bonds. The van der Waals surface area contributed by atoms with E-state index in [1.165, 1.54) is 0 Å². The normalized spacial score (nSPS) is 24.2. The fourth-order valence-corrected chi connectivity index (χ4v) is 2.84. The van der Waals surface area contributed by atoms with E-state index in [9.17, 15) is 9.59 Å². The summed E-state index contributed by atoms with van der Waals surface area (Å²) in [5.41, 5.74) is 5.48. The molecule has 0 unspecified atom stereocenters. The van der Waals surface area contributed by atoms with E-state index < -0.39 is 0 Å². The molecule has 1 saturated carbocycles. The topological polar surface area (TPSA) is 63.4 Å². The minimum Gasteiger partial charge on any atom is -0.370 e. The molecule has 14 heavy (non-hydrogen) atoms. The first-order valence-corrected chi connectivity index (χ1v) is 5.05. The second-order valence-electron chi connectivity index (χ2n) is 4.82. The molecule has 1 aliphatic heterocycles. The van der Waals surface area contributed by atoms with Crippen molar-refractivity contribution in [3.63, 3.8) is 0 Å². The van der Waals surface area contributed by atoms with Crippen molar-refractivity contribution in [3.05, 3.63) is 0 Å². The first kappa shape index (κ1) is 9.49. The van der Waals surface area contributed by atoms with Crippen LogP contribution in [0.4, 0.5) is 0 Å². The van der Waals surface area contributed by atoms with Gasteiger partial charge < -0.3 is 10.6 Å². The first-order valence-electron chi connectivity index (χ1n) is 5.05. The number of carbonyl (C=O) groups excluding carboxylic acids is 2. The molecular formula is C10H16N2O2. The van der Waals surface area contributed by atoms with Crippen molar-refractivity contribution >= 4 is 11.8 Å². The summed E-state index contributed by atoms with van der Waals surface area (Å²) in [6, 6.07) is 0. The predicted molar refractivity (Wildman–Crippen MR) is 51.2 cm³/mol. The molecule has 4 heteroatoms. The Morgan fingerprint density at radius 3 is 2.43 bits per heavy atom. The number of carbonyl (C=O) groups is 2. The van der Waals surface area contributed by atoms with E-state index in [0.29, 0.717) is 17.8 Å². The van der Waals surface area contributed by atoms with E-state index in [-0.39, 0.29) is 11.8 Å². The number of rotatable bonds is 2. The summed E-state index contributed by atoms with van der Waals surface area (Å²) in [6.45, 7) is 3.38. The van der Waals surface area contributed by atoms with Gasteiger partial charge in [-0.2, -0.15) is 0 Å². The van der Waals surface area contributed by atoms with Gasteiger partial charge in [-0.3, -0.25) is 9.59 Å². The molecule has 1 aliphatic carbocycles. The van der Waals surface area contributed by atoms with E-state index in [4.69, 9.17) is 5.73 Å². The van der Waals surface area contributed by atoms with Gasteiger partial charge in [-0.15, -0.1) is 0 Å². The maximum Gasteiger partial charge on any atom is 0.219 e. The summed E-state index contributed by atoms with van der Waals surface area (Å²) in [5, 5.41) is 0. The van der Waals surface area contributed by atoms with Crippen LogP contribution in [0.2, 0.25) is 0 Å². The van der Waals surface area contributed by atoms with Crippen LogP contribution < -0.4 is 5.73 Å². The van der Waals surface area contributed by atoms with Crippen molar-refractivity contribution in [3.8, 4) is 0 Å². The molecule has 0 aromatic carbocycles. The predicted octanol–water partition coefficient (Wildman–Crippen LogP) is 0.120. The molecule has 2 aliphatic rings. The van der Waals surface area contributed by atoms with Gasteiger partial charge in [0.15, 0.2) is 0 Å². The van der Waals surface area contributed by atoms with Crippen molar-refractivity contribution in [1.29, 1.82) is 0 Å². The van der Waals surface area contributed by atoms with Gasteiger partial charge in [-0.25, -0.2) is 0 Å². The molecule has 2 rings (SSSR count). The maximum atomic E-state index is 11.0. The van der Waals surface area contributed by atoms with Crippen LogP contribution in [0.25, 0.3) is 0 Å². The first-order chi connectivity index (χ1) is 6.51. The molecule has 0 radical (unpaired) electrons. The summed E-state index contributed by atoms with van der Waals surface area (Å²) in [5.74, 6) is 0.434. The second-order valence-corrected chi connectivity index (χ2v) is 4.82. The van der Waals surface area contributed by atoms with E-state index in [1.807, 2.05) is 4.90 Å². The lowest BCUT2D eigenvalue weighted by Gasteiger charge is -2.59. The molecule has 0 aromatic rings. The number of nitrogens with zero attached hydrogens (tertiary/aromatic N) is 1. The molecule has 0 atom stereocenters. The summed E-state index contributed by atoms with van der Waals surface area (Å²) in [6.07, 6.45) is 2.65. The molecule has 2 fully saturated rings. The summed E-state index contributed by atoms with van der Waals surface area (Å²) in [7, 11) is 0. The lowest BCUT2D eigenvalue weighted by Crippen LogP contribution is -2.63. The van der Waals surface area contributed by atoms with Crippen LogP contribution in [-0.4, -0.2) is 29.8 Å². The largest absolute Gasteiger partial charge is 0.370 e. The highest BCUT2D eigenvalue weighted by atomic mass is 16.2. The van der Waals surface area contributed by atoms with Crippen LogP contribution in [0.15, 0.2) is 0 Å². The van der Waals surface area contributed by atoms with Crippen molar-refractivity contribution < 1.29 is 9.59 Å². The van der Waals surface area contributed by atoms with Crippen molar-refractivity contribution in [1.82, 2.24) is 4.90 Å². The Morgan fingerprint density at radius 2 is 2.00 bits per heavy atom. The smallest absolute Gasteiger partial charge is 0.219 e. The molecule has 78 valence electrons. The van der Waals surface area contributed by atoms with Gasteiger partial charge in [0, 0.05) is 31.8 Å². The van der Waals surface area contributed by atoms with Crippen LogP contribution in [-0.2, 0) is 9.59 Å². The monoisotopic (exact) mass is 196 g/mol. The SMILES string of the molecule is CC(=O)N1CC2(CC(CC(N)=O)C2)C1. The van der Waals surface area contributed by atoms with Crippen LogP contribution in [0, 0.1) is 11.3 Å². The number of hydrogen-bond donors (Lipinski definition) is 1. The molecule has 1 heterocycles. The van der Waals surface area contributed by atoms with E-state index in [2.05, 4.69) is 0 Å². The highest BCUT2D eigenvalue weighted by Gasteiger charge is 2.52. The molecule has 2 N–H and O–H groups in total. The Labute approximate surface area is 83.4 Å². The Balaban J connectivity index is 1.74. The van der Waals surface area contributed by atoms with Gasteiger partial charge in [-0.05, 0) is 18.8 Å². The maximum absolute atomic E-state index is 11.0. The molecule has 0 aromatic heterocycles.